The van der Waals surface area contributed by atoms with Gasteiger partial charge in [-0.25, -0.2) is 4.98 Å². The van der Waals surface area contributed by atoms with Crippen molar-refractivity contribution in [2.75, 3.05) is 0 Å². The Bertz CT molecular complexity index is 922. The monoisotopic (exact) mass is 451 g/mol. The Balaban J connectivity index is 1.49. The zero-order valence-corrected chi connectivity index (χ0v) is 18.7. The molecule has 0 N–H and O–H groups in total. The van der Waals surface area contributed by atoms with Crippen LogP contribution in [-0.2, 0) is 20.9 Å². The minimum Gasteiger partial charge on any atom is -0.496 e. The Kier molecular flexibility index (Phi) is 6.30. The maximum absolute atomic E-state index is 13.1. The van der Waals surface area contributed by atoms with Gasteiger partial charge in [-0.15, -0.1) is 11.3 Å². The minimum atomic E-state index is -0.165. The van der Waals surface area contributed by atoms with Crippen molar-refractivity contribution in [1.82, 2.24) is 4.98 Å². The molecular formula is C22H23Cl2NO3S. The van der Waals surface area contributed by atoms with Crippen LogP contribution in [0.4, 0.5) is 0 Å². The summed E-state index contributed by atoms with van der Waals surface area (Å²) in [6.07, 6.45) is 3.80. The maximum atomic E-state index is 13.1. The number of ether oxygens (including phenoxy) is 2. The Hall–Kier alpha value is -1.40. The molecule has 4 atom stereocenters. The van der Waals surface area contributed by atoms with Crippen LogP contribution in [0.5, 0.6) is 0 Å². The largest absolute Gasteiger partial charge is 0.496 e. The zero-order valence-electron chi connectivity index (χ0n) is 16.4. The molecule has 0 amide bonds. The molecule has 4 rings (SSSR count). The van der Waals surface area contributed by atoms with Crippen LogP contribution in [0.2, 0.25) is 10.0 Å². The van der Waals surface area contributed by atoms with E-state index in [1.54, 1.807) is 6.26 Å². The molecule has 2 aromatic rings. The zero-order chi connectivity index (χ0) is 20.5. The van der Waals surface area contributed by atoms with Crippen LogP contribution in [0.3, 0.4) is 0 Å². The molecule has 1 fully saturated rings. The van der Waals surface area contributed by atoms with Gasteiger partial charge in [0.05, 0.1) is 30.5 Å². The average Bonchev–Trinajstić information content (AvgIpc) is 3.13. The van der Waals surface area contributed by atoms with Crippen molar-refractivity contribution >= 4 is 45.9 Å². The first kappa shape index (κ1) is 20.9. The van der Waals surface area contributed by atoms with Crippen molar-refractivity contribution in [3.8, 4) is 0 Å². The van der Waals surface area contributed by atoms with Crippen LogP contribution >= 0.6 is 34.5 Å². The van der Waals surface area contributed by atoms with Crippen LogP contribution in [0, 0.1) is 18.8 Å². The Labute approximate surface area is 184 Å². The second-order valence-corrected chi connectivity index (χ2v) is 9.33. The number of allylic oxidation sites excluding steroid dienone is 1. The summed E-state index contributed by atoms with van der Waals surface area (Å²) in [5.74, 6) is 0.275. The predicted molar refractivity (Wildman–Crippen MR) is 116 cm³/mol. The van der Waals surface area contributed by atoms with Crippen molar-refractivity contribution in [2.45, 2.75) is 51.9 Å². The lowest BCUT2D eigenvalue weighted by Crippen LogP contribution is -2.45. The van der Waals surface area contributed by atoms with Crippen molar-refractivity contribution in [1.29, 1.82) is 0 Å². The van der Waals surface area contributed by atoms with Crippen LogP contribution in [0.1, 0.15) is 42.5 Å². The van der Waals surface area contributed by atoms with Crippen molar-refractivity contribution in [2.24, 2.45) is 11.8 Å². The van der Waals surface area contributed by atoms with Gasteiger partial charge in [0.2, 0.25) is 0 Å². The van der Waals surface area contributed by atoms with Crippen molar-refractivity contribution < 1.29 is 14.3 Å². The summed E-state index contributed by atoms with van der Waals surface area (Å²) >= 11 is 14.0. The van der Waals surface area contributed by atoms with E-state index in [1.165, 1.54) is 11.3 Å². The van der Waals surface area contributed by atoms with Gasteiger partial charge in [0.25, 0.3) is 0 Å². The number of aromatic nitrogens is 1. The predicted octanol–water partition coefficient (Wildman–Crippen LogP) is 6.09. The van der Waals surface area contributed by atoms with Crippen molar-refractivity contribution in [3.63, 3.8) is 0 Å². The molecule has 7 heteroatoms. The van der Waals surface area contributed by atoms with E-state index >= 15 is 0 Å². The number of nitrogens with zero attached hydrogens (tertiary/aromatic N) is 1. The van der Waals surface area contributed by atoms with Gasteiger partial charge in [0.1, 0.15) is 11.1 Å². The highest BCUT2D eigenvalue weighted by atomic mass is 35.5. The number of carbonyl (C=O) groups excluding carboxylic acids is 1. The number of Topliss-reactive ketones (excluding diaryl/α,β-unsaturated/α-hetero) is 1. The van der Waals surface area contributed by atoms with E-state index in [2.05, 4.69) is 11.9 Å². The fourth-order valence-electron chi connectivity index (χ4n) is 4.18. The number of rotatable bonds is 5. The summed E-state index contributed by atoms with van der Waals surface area (Å²) in [6, 6.07) is 5.45. The van der Waals surface area contributed by atoms with Gasteiger partial charge in [-0.1, -0.05) is 42.6 Å². The summed E-state index contributed by atoms with van der Waals surface area (Å²) in [4.78, 5) is 17.6. The molecule has 0 radical (unpaired) electrons. The SMILES string of the molecule is CCC1CC2C(=O)C(c3nc(C)cs3)=COC2CC1OCc1c(Cl)cccc1Cl. The molecule has 0 spiro atoms. The first-order chi connectivity index (χ1) is 14.0. The standard InChI is InChI=1S/C22H23Cl2NO3S/c1-3-13-7-14-20(28-10-16(21(14)26)22-25-12(2)11-29-22)8-19(13)27-9-15-17(23)5-4-6-18(15)24/h4-6,10-11,13-14,19-20H,3,7-9H2,1-2H3. The number of benzene rings is 1. The minimum absolute atomic E-state index is 0.00144. The van der Waals surface area contributed by atoms with Gasteiger partial charge < -0.3 is 9.47 Å². The van der Waals surface area contributed by atoms with Crippen molar-refractivity contribution in [3.05, 3.63) is 56.2 Å². The second kappa shape index (κ2) is 8.76. The molecule has 1 aliphatic carbocycles. The first-order valence-corrected chi connectivity index (χ1v) is 11.5. The number of hydrogen-bond donors (Lipinski definition) is 0. The topological polar surface area (TPSA) is 48.4 Å². The van der Waals surface area contributed by atoms with E-state index in [-0.39, 0.29) is 29.8 Å². The van der Waals surface area contributed by atoms with Crippen LogP contribution in [-0.4, -0.2) is 23.0 Å². The lowest BCUT2D eigenvalue weighted by molar-refractivity contribution is -0.133. The molecule has 1 saturated carbocycles. The smallest absolute Gasteiger partial charge is 0.175 e. The number of aryl methyl sites for hydroxylation is 1. The first-order valence-electron chi connectivity index (χ1n) is 9.84. The van der Waals surface area contributed by atoms with Crippen LogP contribution in [0.25, 0.3) is 5.57 Å². The quantitative estimate of drug-likeness (QED) is 0.551. The Morgan fingerprint density at radius 2 is 2.03 bits per heavy atom. The number of thiazole rings is 1. The number of ketones is 1. The highest BCUT2D eigenvalue weighted by molar-refractivity contribution is 7.11. The highest BCUT2D eigenvalue weighted by Crippen LogP contribution is 2.41. The van der Waals surface area contributed by atoms with E-state index in [0.717, 1.165) is 29.1 Å². The number of halogens is 2. The van der Waals surface area contributed by atoms with Gasteiger partial charge >= 0.3 is 0 Å². The number of fused-ring (bicyclic) bond motifs is 1. The van der Waals surface area contributed by atoms with Gasteiger partial charge in [-0.2, -0.15) is 0 Å². The van der Waals surface area contributed by atoms with E-state index < -0.39 is 0 Å². The molecule has 2 aliphatic rings. The molecule has 154 valence electrons. The molecule has 0 saturated heterocycles. The third kappa shape index (κ3) is 4.24. The molecule has 0 bridgehead atoms. The molecule has 1 aliphatic heterocycles. The fraction of sp³-hybridized carbons (Fsp3) is 0.455. The molecule has 1 aromatic carbocycles. The molecule has 4 unspecified atom stereocenters. The Morgan fingerprint density at radius 1 is 1.28 bits per heavy atom. The molecule has 2 heterocycles. The van der Waals surface area contributed by atoms with Gasteiger partial charge in [0, 0.05) is 33.1 Å². The summed E-state index contributed by atoms with van der Waals surface area (Å²) in [5.41, 5.74) is 2.32. The van der Waals surface area contributed by atoms with Crippen LogP contribution < -0.4 is 0 Å². The van der Waals surface area contributed by atoms with E-state index in [4.69, 9.17) is 32.7 Å². The Morgan fingerprint density at radius 3 is 2.69 bits per heavy atom. The lowest BCUT2D eigenvalue weighted by atomic mass is 9.72. The third-order valence-corrected chi connectivity index (χ3v) is 7.54. The molecule has 1 aromatic heterocycles. The lowest BCUT2D eigenvalue weighted by Gasteiger charge is -2.41. The summed E-state index contributed by atoms with van der Waals surface area (Å²) in [6.45, 7) is 4.42. The normalized spacial score (nSPS) is 26.6. The van der Waals surface area contributed by atoms with E-state index in [1.807, 2.05) is 30.5 Å². The fourth-order valence-corrected chi connectivity index (χ4v) is 5.50. The summed E-state index contributed by atoms with van der Waals surface area (Å²) in [5, 5.41) is 3.91. The molecule has 4 nitrogen and oxygen atoms in total. The summed E-state index contributed by atoms with van der Waals surface area (Å²) < 4.78 is 12.2. The highest BCUT2D eigenvalue weighted by Gasteiger charge is 2.45. The van der Waals surface area contributed by atoms with Gasteiger partial charge in [0.15, 0.2) is 5.78 Å². The maximum Gasteiger partial charge on any atom is 0.175 e. The second-order valence-electron chi connectivity index (χ2n) is 7.66. The van der Waals surface area contributed by atoms with Crippen LogP contribution in [0.15, 0.2) is 29.8 Å². The molecular weight excluding hydrogens is 429 g/mol. The third-order valence-electron chi connectivity index (χ3n) is 5.84. The van der Waals surface area contributed by atoms with E-state index in [9.17, 15) is 4.79 Å². The number of hydrogen-bond acceptors (Lipinski definition) is 5. The molecule has 29 heavy (non-hydrogen) atoms. The summed E-state index contributed by atoms with van der Waals surface area (Å²) in [7, 11) is 0. The van der Waals surface area contributed by atoms with E-state index in [0.29, 0.717) is 28.6 Å². The van der Waals surface area contributed by atoms with Gasteiger partial charge in [-0.05, 0) is 31.4 Å². The number of carbonyl (C=O) groups is 1. The average molecular weight is 452 g/mol. The van der Waals surface area contributed by atoms with Gasteiger partial charge in [-0.3, -0.25) is 4.79 Å².